The van der Waals surface area contributed by atoms with E-state index in [1.54, 1.807) is 0 Å². The van der Waals surface area contributed by atoms with Crippen molar-refractivity contribution in [2.75, 3.05) is 0 Å². The number of nitrogens with one attached hydrogen (secondary N) is 1. The molecule has 0 aliphatic rings. The van der Waals surface area contributed by atoms with Crippen LogP contribution in [0.3, 0.4) is 0 Å². The minimum atomic E-state index is 0.254. The van der Waals surface area contributed by atoms with E-state index in [0.717, 1.165) is 18.8 Å². The Bertz CT molecular complexity index is 483. The van der Waals surface area contributed by atoms with E-state index >= 15 is 0 Å². The second kappa shape index (κ2) is 5.63. The summed E-state index contributed by atoms with van der Waals surface area (Å²) in [7, 11) is 0. The van der Waals surface area contributed by atoms with Gasteiger partial charge in [-0.05, 0) is 29.7 Å². The predicted octanol–water partition coefficient (Wildman–Crippen LogP) is 3.73. The summed E-state index contributed by atoms with van der Waals surface area (Å²) < 4.78 is 0. The van der Waals surface area contributed by atoms with Crippen LogP contribution < -0.4 is 5.32 Å². The fourth-order valence-corrected chi connectivity index (χ4v) is 2.73. The van der Waals surface area contributed by atoms with Crippen molar-refractivity contribution in [3.8, 4) is 0 Å². The first kappa shape index (κ1) is 13.2. The SMILES string of the molecule is CC(C)(C)c1ccc(CNCc2ccccn2)s1. The number of hydrogen-bond donors (Lipinski definition) is 1. The third-order valence-electron chi connectivity index (χ3n) is 2.73. The largest absolute Gasteiger partial charge is 0.306 e. The van der Waals surface area contributed by atoms with Gasteiger partial charge in [0.2, 0.25) is 0 Å². The third kappa shape index (κ3) is 3.65. The molecule has 2 rings (SSSR count). The molecule has 0 unspecified atom stereocenters. The topological polar surface area (TPSA) is 24.9 Å². The molecular formula is C15H20N2S. The van der Waals surface area contributed by atoms with Gasteiger partial charge in [-0.3, -0.25) is 4.98 Å². The van der Waals surface area contributed by atoms with Gasteiger partial charge in [-0.25, -0.2) is 0 Å². The molecule has 2 nitrogen and oxygen atoms in total. The van der Waals surface area contributed by atoms with Crippen LogP contribution in [0.25, 0.3) is 0 Å². The molecular weight excluding hydrogens is 240 g/mol. The van der Waals surface area contributed by atoms with Gasteiger partial charge >= 0.3 is 0 Å². The van der Waals surface area contributed by atoms with Gasteiger partial charge in [0.25, 0.3) is 0 Å². The number of aromatic nitrogens is 1. The minimum absolute atomic E-state index is 0.254. The summed E-state index contributed by atoms with van der Waals surface area (Å²) in [6.45, 7) is 8.50. The Hall–Kier alpha value is -1.19. The quantitative estimate of drug-likeness (QED) is 0.906. The molecule has 0 spiro atoms. The third-order valence-corrected chi connectivity index (χ3v) is 4.24. The van der Waals surface area contributed by atoms with E-state index in [-0.39, 0.29) is 5.41 Å². The van der Waals surface area contributed by atoms with Crippen molar-refractivity contribution in [3.63, 3.8) is 0 Å². The molecule has 0 aromatic carbocycles. The van der Waals surface area contributed by atoms with Crippen molar-refractivity contribution >= 4 is 11.3 Å². The first-order valence-corrected chi connectivity index (χ1v) is 7.07. The normalized spacial score (nSPS) is 11.7. The van der Waals surface area contributed by atoms with Crippen molar-refractivity contribution in [1.82, 2.24) is 10.3 Å². The van der Waals surface area contributed by atoms with Crippen LogP contribution in [0.4, 0.5) is 0 Å². The highest BCUT2D eigenvalue weighted by molar-refractivity contribution is 7.12. The second-order valence-corrected chi connectivity index (χ2v) is 6.61. The lowest BCUT2D eigenvalue weighted by Gasteiger charge is -2.15. The average Bonchev–Trinajstić information content (AvgIpc) is 2.79. The number of hydrogen-bond acceptors (Lipinski definition) is 3. The minimum Gasteiger partial charge on any atom is -0.306 e. The molecule has 96 valence electrons. The van der Waals surface area contributed by atoms with E-state index < -0.39 is 0 Å². The summed E-state index contributed by atoms with van der Waals surface area (Å²) in [5.41, 5.74) is 1.34. The lowest BCUT2D eigenvalue weighted by Crippen LogP contribution is -2.12. The molecule has 1 N–H and O–H groups in total. The van der Waals surface area contributed by atoms with Gasteiger partial charge < -0.3 is 5.32 Å². The van der Waals surface area contributed by atoms with Crippen molar-refractivity contribution < 1.29 is 0 Å². The van der Waals surface area contributed by atoms with Crippen LogP contribution in [0.1, 0.15) is 36.2 Å². The summed E-state index contributed by atoms with van der Waals surface area (Å²) >= 11 is 1.89. The molecule has 0 atom stereocenters. The van der Waals surface area contributed by atoms with E-state index in [2.05, 4.69) is 43.2 Å². The van der Waals surface area contributed by atoms with Crippen LogP contribution in [0, 0.1) is 0 Å². The Labute approximate surface area is 113 Å². The Morgan fingerprint density at radius 3 is 2.56 bits per heavy atom. The van der Waals surface area contributed by atoms with E-state index in [0.29, 0.717) is 0 Å². The Balaban J connectivity index is 1.86. The number of thiophene rings is 1. The van der Waals surface area contributed by atoms with Crippen molar-refractivity contribution in [2.45, 2.75) is 39.3 Å². The molecule has 0 bridgehead atoms. The Morgan fingerprint density at radius 1 is 1.11 bits per heavy atom. The van der Waals surface area contributed by atoms with Crippen molar-refractivity contribution in [3.05, 3.63) is 52.0 Å². The number of nitrogens with zero attached hydrogens (tertiary/aromatic N) is 1. The fraction of sp³-hybridized carbons (Fsp3) is 0.400. The molecule has 18 heavy (non-hydrogen) atoms. The van der Waals surface area contributed by atoms with E-state index in [1.165, 1.54) is 9.75 Å². The molecule has 0 aliphatic carbocycles. The summed E-state index contributed by atoms with van der Waals surface area (Å²) in [6.07, 6.45) is 1.83. The Morgan fingerprint density at radius 2 is 1.94 bits per heavy atom. The highest BCUT2D eigenvalue weighted by Crippen LogP contribution is 2.29. The summed E-state index contributed by atoms with van der Waals surface area (Å²) in [6, 6.07) is 10.5. The van der Waals surface area contributed by atoms with Crippen LogP contribution in [-0.4, -0.2) is 4.98 Å². The highest BCUT2D eigenvalue weighted by atomic mass is 32.1. The lowest BCUT2D eigenvalue weighted by molar-refractivity contribution is 0.604. The summed E-state index contributed by atoms with van der Waals surface area (Å²) in [5, 5.41) is 3.43. The molecule has 2 aromatic rings. The maximum absolute atomic E-state index is 4.30. The van der Waals surface area contributed by atoms with Gasteiger partial charge in [-0.1, -0.05) is 26.8 Å². The summed E-state index contributed by atoms with van der Waals surface area (Å²) in [4.78, 5) is 7.12. The molecule has 3 heteroatoms. The van der Waals surface area contributed by atoms with Gasteiger partial charge in [0, 0.05) is 29.0 Å². The maximum atomic E-state index is 4.30. The summed E-state index contributed by atoms with van der Waals surface area (Å²) in [5.74, 6) is 0. The zero-order valence-electron chi connectivity index (χ0n) is 11.2. The monoisotopic (exact) mass is 260 g/mol. The van der Waals surface area contributed by atoms with Crippen LogP contribution in [0.5, 0.6) is 0 Å². The van der Waals surface area contributed by atoms with Gasteiger partial charge in [0.15, 0.2) is 0 Å². The molecule has 0 fully saturated rings. The van der Waals surface area contributed by atoms with Crippen LogP contribution in [0.2, 0.25) is 0 Å². The lowest BCUT2D eigenvalue weighted by atomic mass is 9.95. The smallest absolute Gasteiger partial charge is 0.0541 e. The molecule has 0 aliphatic heterocycles. The van der Waals surface area contributed by atoms with E-state index in [9.17, 15) is 0 Å². The zero-order valence-corrected chi connectivity index (χ0v) is 12.1. The van der Waals surface area contributed by atoms with Gasteiger partial charge in [0.05, 0.1) is 5.69 Å². The molecule has 0 saturated heterocycles. The molecule has 2 heterocycles. The first-order chi connectivity index (χ1) is 8.55. The van der Waals surface area contributed by atoms with Gasteiger partial charge in [-0.15, -0.1) is 11.3 Å². The maximum Gasteiger partial charge on any atom is 0.0541 e. The fourth-order valence-electron chi connectivity index (χ4n) is 1.69. The molecule has 2 aromatic heterocycles. The van der Waals surface area contributed by atoms with Gasteiger partial charge in [0.1, 0.15) is 0 Å². The zero-order chi connectivity index (χ0) is 13.0. The predicted molar refractivity (Wildman–Crippen MR) is 77.8 cm³/mol. The highest BCUT2D eigenvalue weighted by Gasteiger charge is 2.15. The van der Waals surface area contributed by atoms with Crippen molar-refractivity contribution in [2.24, 2.45) is 0 Å². The Kier molecular flexibility index (Phi) is 4.15. The average molecular weight is 260 g/mol. The second-order valence-electron chi connectivity index (χ2n) is 5.44. The van der Waals surface area contributed by atoms with Crippen LogP contribution in [0.15, 0.2) is 36.5 Å². The standard InChI is InChI=1S/C15H20N2S/c1-15(2,3)14-8-7-13(18-14)11-16-10-12-6-4-5-9-17-12/h4-9,16H,10-11H2,1-3H3. The molecule has 0 amide bonds. The number of rotatable bonds is 4. The van der Waals surface area contributed by atoms with Crippen molar-refractivity contribution in [1.29, 1.82) is 0 Å². The van der Waals surface area contributed by atoms with E-state index in [4.69, 9.17) is 0 Å². The van der Waals surface area contributed by atoms with Crippen LogP contribution >= 0.6 is 11.3 Å². The van der Waals surface area contributed by atoms with E-state index in [1.807, 2.05) is 35.7 Å². The van der Waals surface area contributed by atoms with Crippen LogP contribution in [-0.2, 0) is 18.5 Å². The molecule has 0 saturated carbocycles. The first-order valence-electron chi connectivity index (χ1n) is 6.25. The molecule has 0 radical (unpaired) electrons. The van der Waals surface area contributed by atoms with Gasteiger partial charge in [-0.2, -0.15) is 0 Å². The number of pyridine rings is 1.